The number of methoxy groups -OCH3 is 1. The molecule has 0 aliphatic heterocycles. The molecule has 1 heterocycles. The second kappa shape index (κ2) is 3.16. The quantitative estimate of drug-likeness (QED) is 0.726. The second-order valence-electron chi connectivity index (χ2n) is 2.66. The van der Waals surface area contributed by atoms with E-state index in [-0.39, 0.29) is 0 Å². The van der Waals surface area contributed by atoms with Gasteiger partial charge in [-0.25, -0.2) is 4.98 Å². The Morgan fingerprint density at radius 1 is 1.46 bits per heavy atom. The third kappa shape index (κ3) is 1.38. The molecular weight excluding hydrogens is 206 g/mol. The van der Waals surface area contributed by atoms with Gasteiger partial charge < -0.3 is 4.74 Å². The number of ether oxygens (including phenoxy) is 1. The third-order valence-electron chi connectivity index (χ3n) is 1.79. The predicted molar refractivity (Wildman–Crippen MR) is 55.9 cm³/mol. The van der Waals surface area contributed by atoms with Gasteiger partial charge in [0, 0.05) is 0 Å². The van der Waals surface area contributed by atoms with E-state index in [1.807, 2.05) is 19.1 Å². The molecule has 0 bridgehead atoms. The number of rotatable bonds is 1. The zero-order valence-electron chi connectivity index (χ0n) is 7.30. The molecule has 0 unspecified atom stereocenters. The third-order valence-corrected chi connectivity index (χ3v) is 3.08. The number of halogens is 1. The van der Waals surface area contributed by atoms with Crippen molar-refractivity contribution in [3.63, 3.8) is 0 Å². The van der Waals surface area contributed by atoms with Crippen molar-refractivity contribution >= 4 is 33.2 Å². The number of thiazole rings is 1. The molecule has 2 nitrogen and oxygen atoms in total. The number of nitrogens with zero attached hydrogens (tertiary/aromatic N) is 1. The average Bonchev–Trinajstić information content (AvgIpc) is 2.48. The van der Waals surface area contributed by atoms with Gasteiger partial charge in [-0.2, -0.15) is 0 Å². The highest BCUT2D eigenvalue weighted by atomic mass is 35.5. The summed E-state index contributed by atoms with van der Waals surface area (Å²) in [6.07, 6.45) is 0. The van der Waals surface area contributed by atoms with Gasteiger partial charge in [0.05, 0.1) is 21.8 Å². The summed E-state index contributed by atoms with van der Waals surface area (Å²) in [4.78, 5) is 4.33. The Labute approximate surface area is 85.1 Å². The van der Waals surface area contributed by atoms with E-state index in [9.17, 15) is 0 Å². The average molecular weight is 214 g/mol. The van der Waals surface area contributed by atoms with E-state index in [2.05, 4.69) is 4.98 Å². The molecule has 0 N–H and O–H groups in total. The first-order valence-electron chi connectivity index (χ1n) is 3.82. The Kier molecular flexibility index (Phi) is 2.14. The van der Waals surface area contributed by atoms with Crippen molar-refractivity contribution in [3.05, 3.63) is 22.2 Å². The van der Waals surface area contributed by atoms with E-state index >= 15 is 0 Å². The predicted octanol–water partition coefficient (Wildman–Crippen LogP) is 3.27. The Morgan fingerprint density at radius 2 is 2.23 bits per heavy atom. The molecule has 0 saturated carbocycles. The number of hydrogen-bond acceptors (Lipinski definition) is 3. The van der Waals surface area contributed by atoms with Gasteiger partial charge in [-0.15, -0.1) is 11.3 Å². The molecule has 0 radical (unpaired) electrons. The van der Waals surface area contributed by atoms with Crippen LogP contribution in [0.3, 0.4) is 0 Å². The van der Waals surface area contributed by atoms with Crippen molar-refractivity contribution in [3.8, 4) is 5.75 Å². The van der Waals surface area contributed by atoms with Crippen LogP contribution in [-0.2, 0) is 0 Å². The lowest BCUT2D eigenvalue weighted by Crippen LogP contribution is -1.82. The topological polar surface area (TPSA) is 22.1 Å². The molecule has 1 aromatic carbocycles. The standard InChI is InChI=1S/C9H8ClNOS/c1-5-11-8-6(10)3-4-7(12-2)9(8)13-5/h3-4H,1-2H3. The van der Waals surface area contributed by atoms with Gasteiger partial charge in [0.15, 0.2) is 0 Å². The summed E-state index contributed by atoms with van der Waals surface area (Å²) in [5.74, 6) is 0.838. The van der Waals surface area contributed by atoms with Gasteiger partial charge in [-0.1, -0.05) is 11.6 Å². The molecule has 0 aliphatic carbocycles. The highest BCUT2D eigenvalue weighted by Gasteiger charge is 2.09. The Balaban J connectivity index is 2.83. The molecule has 0 atom stereocenters. The normalized spacial score (nSPS) is 10.7. The molecule has 0 spiro atoms. The van der Waals surface area contributed by atoms with Crippen LogP contribution in [0, 0.1) is 6.92 Å². The van der Waals surface area contributed by atoms with E-state index in [0.717, 1.165) is 21.0 Å². The maximum Gasteiger partial charge on any atom is 0.138 e. The van der Waals surface area contributed by atoms with Gasteiger partial charge >= 0.3 is 0 Å². The van der Waals surface area contributed by atoms with Gasteiger partial charge in [0.25, 0.3) is 0 Å². The van der Waals surface area contributed by atoms with Crippen molar-refractivity contribution in [2.45, 2.75) is 6.92 Å². The fourth-order valence-corrected chi connectivity index (χ4v) is 2.41. The first-order valence-corrected chi connectivity index (χ1v) is 5.01. The first kappa shape index (κ1) is 8.78. The molecule has 0 saturated heterocycles. The molecule has 13 heavy (non-hydrogen) atoms. The molecule has 4 heteroatoms. The second-order valence-corrected chi connectivity index (χ2v) is 4.27. The van der Waals surface area contributed by atoms with E-state index in [1.54, 1.807) is 18.4 Å². The zero-order valence-corrected chi connectivity index (χ0v) is 8.87. The van der Waals surface area contributed by atoms with Crippen LogP contribution < -0.4 is 4.74 Å². The van der Waals surface area contributed by atoms with E-state index in [4.69, 9.17) is 16.3 Å². The molecule has 0 amide bonds. The number of fused-ring (bicyclic) bond motifs is 1. The van der Waals surface area contributed by atoms with Crippen molar-refractivity contribution in [1.29, 1.82) is 0 Å². The smallest absolute Gasteiger partial charge is 0.138 e. The fraction of sp³-hybridized carbons (Fsp3) is 0.222. The van der Waals surface area contributed by atoms with Crippen LogP contribution in [0.4, 0.5) is 0 Å². The molecular formula is C9H8ClNOS. The highest BCUT2D eigenvalue weighted by molar-refractivity contribution is 7.19. The minimum Gasteiger partial charge on any atom is -0.495 e. The molecule has 0 fully saturated rings. The van der Waals surface area contributed by atoms with Crippen molar-refractivity contribution in [2.24, 2.45) is 0 Å². The summed E-state index contributed by atoms with van der Waals surface area (Å²) < 4.78 is 6.23. The summed E-state index contributed by atoms with van der Waals surface area (Å²) in [6.45, 7) is 1.96. The van der Waals surface area contributed by atoms with Crippen LogP contribution in [0.25, 0.3) is 10.2 Å². The fourth-order valence-electron chi connectivity index (χ4n) is 1.22. The van der Waals surface area contributed by atoms with Crippen LogP contribution in [0.15, 0.2) is 12.1 Å². The molecule has 68 valence electrons. The van der Waals surface area contributed by atoms with E-state index in [1.165, 1.54) is 0 Å². The van der Waals surface area contributed by atoms with Crippen LogP contribution in [0.1, 0.15) is 5.01 Å². The number of aromatic nitrogens is 1. The van der Waals surface area contributed by atoms with Crippen molar-refractivity contribution in [1.82, 2.24) is 4.98 Å². The number of aryl methyl sites for hydroxylation is 1. The van der Waals surface area contributed by atoms with Crippen LogP contribution in [0.2, 0.25) is 5.02 Å². The highest BCUT2D eigenvalue weighted by Crippen LogP contribution is 2.34. The van der Waals surface area contributed by atoms with Gasteiger partial charge in [-0.3, -0.25) is 0 Å². The Bertz CT molecular complexity index is 452. The monoisotopic (exact) mass is 213 g/mol. The van der Waals surface area contributed by atoms with Crippen molar-refractivity contribution in [2.75, 3.05) is 7.11 Å². The minimum atomic E-state index is 0.681. The Hall–Kier alpha value is -0.800. The van der Waals surface area contributed by atoms with Gasteiger partial charge in [0.1, 0.15) is 11.3 Å². The minimum absolute atomic E-state index is 0.681. The lowest BCUT2D eigenvalue weighted by Gasteiger charge is -2.00. The van der Waals surface area contributed by atoms with E-state index in [0.29, 0.717) is 5.02 Å². The number of benzene rings is 1. The van der Waals surface area contributed by atoms with Crippen LogP contribution in [0.5, 0.6) is 5.75 Å². The van der Waals surface area contributed by atoms with Crippen molar-refractivity contribution < 1.29 is 4.74 Å². The lowest BCUT2D eigenvalue weighted by molar-refractivity contribution is 0.420. The summed E-state index contributed by atoms with van der Waals surface area (Å²) >= 11 is 7.58. The zero-order chi connectivity index (χ0) is 9.42. The van der Waals surface area contributed by atoms with Crippen LogP contribution in [-0.4, -0.2) is 12.1 Å². The largest absolute Gasteiger partial charge is 0.495 e. The molecule has 2 rings (SSSR count). The summed E-state index contributed by atoms with van der Waals surface area (Å²) in [5.41, 5.74) is 0.837. The van der Waals surface area contributed by atoms with Gasteiger partial charge in [0.2, 0.25) is 0 Å². The van der Waals surface area contributed by atoms with Crippen LogP contribution >= 0.6 is 22.9 Å². The molecule has 1 aromatic heterocycles. The molecule has 0 aliphatic rings. The maximum atomic E-state index is 5.99. The summed E-state index contributed by atoms with van der Waals surface area (Å²) in [6, 6.07) is 3.67. The lowest BCUT2D eigenvalue weighted by atomic mass is 10.3. The molecule has 2 aromatic rings. The van der Waals surface area contributed by atoms with Gasteiger partial charge in [-0.05, 0) is 19.1 Å². The maximum absolute atomic E-state index is 5.99. The Morgan fingerprint density at radius 3 is 2.92 bits per heavy atom. The summed E-state index contributed by atoms with van der Waals surface area (Å²) in [7, 11) is 1.65. The first-order chi connectivity index (χ1) is 6.22. The number of hydrogen-bond donors (Lipinski definition) is 0. The SMILES string of the molecule is COc1ccc(Cl)c2nc(C)sc12. The summed E-state index contributed by atoms with van der Waals surface area (Å²) in [5, 5.41) is 1.68. The van der Waals surface area contributed by atoms with E-state index < -0.39 is 0 Å².